The van der Waals surface area contributed by atoms with E-state index < -0.39 is 7.82 Å². The lowest BCUT2D eigenvalue weighted by atomic mass is 9.87. The van der Waals surface area contributed by atoms with Gasteiger partial charge < -0.3 is 20.5 Å². The SMILES string of the molecule is Cc1c(-c2[nH]c3ccc(C4CCN(CC(N)=O)CC4)cc3c2C(C)C)cn2nc[n+](COP(=O)(O)O)c2c1C. The van der Waals surface area contributed by atoms with E-state index in [1.807, 2.05) is 20.0 Å². The van der Waals surface area contributed by atoms with E-state index in [2.05, 4.69) is 47.0 Å². The van der Waals surface area contributed by atoms with Crippen LogP contribution in [0.5, 0.6) is 0 Å². The van der Waals surface area contributed by atoms with Crippen molar-refractivity contribution in [3.8, 4) is 11.3 Å². The number of pyridine rings is 1. The predicted octanol–water partition coefficient (Wildman–Crippen LogP) is 3.24. The van der Waals surface area contributed by atoms with Crippen molar-refractivity contribution in [1.82, 2.24) is 19.5 Å². The van der Waals surface area contributed by atoms with Gasteiger partial charge in [-0.15, -0.1) is 0 Å². The third-order valence-corrected chi connectivity index (χ3v) is 8.32. The van der Waals surface area contributed by atoms with Crippen LogP contribution in [0.3, 0.4) is 0 Å². The Hall–Kier alpha value is -3.08. The van der Waals surface area contributed by atoms with Crippen LogP contribution in [-0.2, 0) is 20.6 Å². The molecule has 1 aromatic carbocycles. The molecule has 39 heavy (non-hydrogen) atoms. The number of likely N-dealkylation sites (tertiary alicyclic amines) is 1. The zero-order valence-corrected chi connectivity index (χ0v) is 23.6. The number of aryl methyl sites for hydroxylation is 1. The van der Waals surface area contributed by atoms with E-state index in [0.29, 0.717) is 18.1 Å². The summed E-state index contributed by atoms with van der Waals surface area (Å²) in [5, 5.41) is 5.64. The molecule has 12 heteroatoms. The van der Waals surface area contributed by atoms with Gasteiger partial charge in [0.2, 0.25) is 5.91 Å². The summed E-state index contributed by atoms with van der Waals surface area (Å²) in [7, 11) is -4.61. The first-order chi connectivity index (χ1) is 18.4. The number of fused-ring (bicyclic) bond motifs is 2. The lowest BCUT2D eigenvalue weighted by Gasteiger charge is -2.31. The molecule has 4 aromatic rings. The van der Waals surface area contributed by atoms with Crippen LogP contribution < -0.4 is 10.3 Å². The fourth-order valence-corrected chi connectivity index (χ4v) is 6.13. The number of primary amides is 1. The molecule has 1 amide bonds. The molecule has 1 saturated heterocycles. The monoisotopic (exact) mass is 555 g/mol. The zero-order valence-electron chi connectivity index (χ0n) is 22.7. The fourth-order valence-electron chi connectivity index (χ4n) is 5.85. The normalized spacial score (nSPS) is 15.7. The molecule has 0 spiro atoms. The summed E-state index contributed by atoms with van der Waals surface area (Å²) in [4.78, 5) is 35.4. The predicted molar refractivity (Wildman–Crippen MR) is 147 cm³/mol. The maximum atomic E-state index is 11.3. The van der Waals surface area contributed by atoms with Crippen molar-refractivity contribution in [2.24, 2.45) is 5.73 Å². The van der Waals surface area contributed by atoms with Crippen molar-refractivity contribution in [3.05, 3.63) is 53.0 Å². The maximum Gasteiger partial charge on any atom is 0.472 e. The van der Waals surface area contributed by atoms with E-state index in [1.165, 1.54) is 22.8 Å². The average Bonchev–Trinajstić information content (AvgIpc) is 3.45. The molecule has 11 nitrogen and oxygen atoms in total. The molecule has 0 radical (unpaired) electrons. The van der Waals surface area contributed by atoms with E-state index >= 15 is 0 Å². The molecule has 1 fully saturated rings. The Kier molecular flexibility index (Phi) is 7.39. The van der Waals surface area contributed by atoms with Gasteiger partial charge in [0.1, 0.15) is 6.20 Å². The van der Waals surface area contributed by atoms with Gasteiger partial charge in [0.05, 0.1) is 12.2 Å². The van der Waals surface area contributed by atoms with Crippen molar-refractivity contribution in [2.75, 3.05) is 19.6 Å². The number of benzene rings is 1. The quantitative estimate of drug-likeness (QED) is 0.193. The summed E-state index contributed by atoms with van der Waals surface area (Å²) >= 11 is 0. The highest BCUT2D eigenvalue weighted by Crippen LogP contribution is 2.40. The lowest BCUT2D eigenvalue weighted by molar-refractivity contribution is -0.702. The van der Waals surface area contributed by atoms with Crippen molar-refractivity contribution in [2.45, 2.75) is 59.1 Å². The second kappa shape index (κ2) is 10.5. The minimum Gasteiger partial charge on any atom is -0.369 e. The highest BCUT2D eigenvalue weighted by atomic mass is 31.2. The molecule has 3 aromatic heterocycles. The number of nitrogens with one attached hydrogen (secondary N) is 1. The fraction of sp³-hybridized carbons (Fsp3) is 0.444. The van der Waals surface area contributed by atoms with E-state index in [9.17, 15) is 9.36 Å². The molecule has 1 aliphatic heterocycles. The van der Waals surface area contributed by atoms with Gasteiger partial charge in [-0.05, 0) is 80.4 Å². The standard InChI is InChI=1S/C27H35N6O5P/c1-16(2)25-21-11-20(19-7-9-31(10-8-19)13-24(28)34)5-6-23(21)30-26(25)22-12-33-27(18(4)17(22)3)32(14-29-33)15-38-39(35,36)37/h5-6,11-12,14,16,19,30H,7-10,13,15H2,1-4H3,(H3-,28,34,35,36,37)/p+1. The van der Waals surface area contributed by atoms with Crippen molar-refractivity contribution in [3.63, 3.8) is 0 Å². The van der Waals surface area contributed by atoms with E-state index in [1.54, 1.807) is 9.08 Å². The maximum absolute atomic E-state index is 11.3. The van der Waals surface area contributed by atoms with Crippen LogP contribution in [0.4, 0.5) is 0 Å². The molecule has 5 N–H and O–H groups in total. The van der Waals surface area contributed by atoms with E-state index in [0.717, 1.165) is 53.8 Å². The minimum absolute atomic E-state index is 0.260. The molecule has 4 heterocycles. The summed E-state index contributed by atoms with van der Waals surface area (Å²) < 4.78 is 19.2. The van der Waals surface area contributed by atoms with Gasteiger partial charge in [-0.3, -0.25) is 14.2 Å². The number of piperidine rings is 1. The molecule has 0 atom stereocenters. The lowest BCUT2D eigenvalue weighted by Crippen LogP contribution is -2.39. The van der Waals surface area contributed by atoms with Crippen molar-refractivity contribution >= 4 is 30.3 Å². The minimum atomic E-state index is -4.61. The van der Waals surface area contributed by atoms with Crippen LogP contribution in [0, 0.1) is 13.8 Å². The number of nitrogens with zero attached hydrogens (tertiary/aromatic N) is 4. The Morgan fingerprint density at radius 1 is 1.26 bits per heavy atom. The second-order valence-corrected chi connectivity index (χ2v) is 12.0. The van der Waals surface area contributed by atoms with Crippen LogP contribution in [0.2, 0.25) is 0 Å². The third kappa shape index (κ3) is 5.50. The number of H-pyrrole nitrogens is 1. The summed E-state index contributed by atoms with van der Waals surface area (Å²) in [6, 6.07) is 6.69. The summed E-state index contributed by atoms with van der Waals surface area (Å²) in [6.07, 6.45) is 5.45. The summed E-state index contributed by atoms with van der Waals surface area (Å²) in [6.45, 7) is 10.2. The van der Waals surface area contributed by atoms with Crippen LogP contribution >= 0.6 is 7.82 Å². The Bertz CT molecular complexity index is 1600. The Labute approximate surface area is 226 Å². The third-order valence-electron chi connectivity index (χ3n) is 7.87. The van der Waals surface area contributed by atoms with E-state index in [4.69, 9.17) is 20.0 Å². The summed E-state index contributed by atoms with van der Waals surface area (Å²) in [5.74, 6) is 0.419. The van der Waals surface area contributed by atoms with Gasteiger partial charge in [0, 0.05) is 27.1 Å². The van der Waals surface area contributed by atoms with Crippen molar-refractivity contribution < 1.29 is 28.2 Å². The Morgan fingerprint density at radius 2 is 1.97 bits per heavy atom. The van der Waals surface area contributed by atoms with Gasteiger partial charge in [0.15, 0.2) is 6.73 Å². The van der Waals surface area contributed by atoms with Gasteiger partial charge in [-0.25, -0.2) is 9.13 Å². The number of hydrogen-bond acceptors (Lipinski definition) is 5. The second-order valence-electron chi connectivity index (χ2n) is 10.8. The molecule has 208 valence electrons. The highest BCUT2D eigenvalue weighted by Gasteiger charge is 2.26. The van der Waals surface area contributed by atoms with E-state index in [-0.39, 0.29) is 18.6 Å². The molecule has 0 unspecified atom stereocenters. The van der Waals surface area contributed by atoms with Crippen LogP contribution in [-0.4, -0.2) is 54.8 Å². The van der Waals surface area contributed by atoms with Gasteiger partial charge in [-0.1, -0.05) is 24.4 Å². The number of nitrogens with two attached hydrogens (primary N) is 1. The number of phosphoric ester groups is 1. The molecular formula is C27H36N6O5P+. The van der Waals surface area contributed by atoms with Crippen LogP contribution in [0.25, 0.3) is 27.8 Å². The first kappa shape index (κ1) is 27.5. The number of amides is 1. The van der Waals surface area contributed by atoms with Crippen molar-refractivity contribution in [1.29, 1.82) is 0 Å². The van der Waals surface area contributed by atoms with Crippen LogP contribution in [0.1, 0.15) is 60.8 Å². The number of hydrogen-bond donors (Lipinski definition) is 4. The number of rotatable bonds is 8. The van der Waals surface area contributed by atoms with Gasteiger partial charge in [-0.2, -0.15) is 0 Å². The average molecular weight is 556 g/mol. The Morgan fingerprint density at radius 3 is 2.62 bits per heavy atom. The molecular weight excluding hydrogens is 519 g/mol. The van der Waals surface area contributed by atoms with Crippen LogP contribution in [0.15, 0.2) is 30.7 Å². The number of carbonyl (C=O) groups is 1. The molecule has 5 rings (SSSR count). The molecule has 0 aliphatic carbocycles. The number of carbonyl (C=O) groups excluding carboxylic acids is 1. The topological polar surface area (TPSA) is 150 Å². The Balaban J connectivity index is 1.53. The smallest absolute Gasteiger partial charge is 0.369 e. The first-order valence-corrected chi connectivity index (χ1v) is 14.7. The largest absolute Gasteiger partial charge is 0.472 e. The number of phosphoric acid groups is 1. The van der Waals surface area contributed by atoms with Gasteiger partial charge in [0.25, 0.3) is 12.0 Å². The van der Waals surface area contributed by atoms with Gasteiger partial charge >= 0.3 is 7.82 Å². The molecule has 0 bridgehead atoms. The number of aromatic amines is 1. The zero-order chi connectivity index (χ0) is 28.1. The first-order valence-electron chi connectivity index (χ1n) is 13.2. The molecule has 0 saturated carbocycles. The highest BCUT2D eigenvalue weighted by molar-refractivity contribution is 7.46. The molecule has 1 aliphatic rings. The number of aromatic nitrogens is 4. The summed E-state index contributed by atoms with van der Waals surface area (Å²) in [5.41, 5.74) is 13.8.